The number of rotatable bonds is 29. The first-order valence-electron chi connectivity index (χ1n) is 15.8. The Morgan fingerprint density at radius 3 is 1.37 bits per heavy atom. The maximum Gasteiger partial charge on any atom is 0.501 e. The van der Waals surface area contributed by atoms with Crippen LogP contribution in [0.5, 0.6) is 0 Å². The van der Waals surface area contributed by atoms with Crippen molar-refractivity contribution in [2.75, 3.05) is 39.6 Å². The van der Waals surface area contributed by atoms with Crippen molar-refractivity contribution in [1.29, 1.82) is 0 Å². The van der Waals surface area contributed by atoms with Gasteiger partial charge in [0.05, 0.1) is 39.6 Å². The van der Waals surface area contributed by atoms with Crippen LogP contribution in [0.4, 0.5) is 0 Å². The van der Waals surface area contributed by atoms with E-state index in [-0.39, 0.29) is 51.1 Å². The second kappa shape index (κ2) is 24.7. The zero-order valence-corrected chi connectivity index (χ0v) is 26.6. The van der Waals surface area contributed by atoms with Crippen LogP contribution in [0.1, 0.15) is 130 Å². The number of hydrogen-bond donors (Lipinski definition) is 4. The Kier molecular flexibility index (Phi) is 24.7. The van der Waals surface area contributed by atoms with E-state index in [1.54, 1.807) is 0 Å². The van der Waals surface area contributed by atoms with Crippen molar-refractivity contribution in [2.45, 2.75) is 142 Å². The summed E-state index contributed by atoms with van der Waals surface area (Å²) in [6.45, 7) is 8.61. The summed E-state index contributed by atoms with van der Waals surface area (Å²) in [4.78, 5) is 0. The van der Waals surface area contributed by atoms with Gasteiger partial charge in [0.1, 0.15) is 0 Å². The van der Waals surface area contributed by atoms with Gasteiger partial charge in [-0.25, -0.2) is 0 Å². The van der Waals surface area contributed by atoms with Gasteiger partial charge in [0, 0.05) is 11.6 Å². The molecule has 0 saturated carbocycles. The summed E-state index contributed by atoms with van der Waals surface area (Å²) in [5.74, 6) is 0.604. The molecule has 0 aliphatic carbocycles. The van der Waals surface area contributed by atoms with Crippen LogP contribution in [0, 0.1) is 11.8 Å². The minimum Gasteiger partial charge on any atom is -0.394 e. The lowest BCUT2D eigenvalue weighted by molar-refractivity contribution is 0.0243. The van der Waals surface area contributed by atoms with Gasteiger partial charge in [0.25, 0.3) is 0 Å². The SMILES string of the molecule is CCCCCCCCCCCCCCCCC(CC(C)C[Si](OCCO)(OCCO)OCCO)C(C)(C)N. The van der Waals surface area contributed by atoms with Crippen molar-refractivity contribution >= 4 is 8.80 Å². The summed E-state index contributed by atoms with van der Waals surface area (Å²) in [5.41, 5.74) is 6.33. The molecule has 2 unspecified atom stereocenters. The van der Waals surface area contributed by atoms with Crippen molar-refractivity contribution in [3.8, 4) is 0 Å². The first-order valence-corrected chi connectivity index (χ1v) is 17.7. The topological polar surface area (TPSA) is 114 Å². The lowest BCUT2D eigenvalue weighted by Gasteiger charge is -2.36. The molecule has 5 N–H and O–H groups in total. The molecular weight excluding hydrogens is 498 g/mol. The molecule has 0 amide bonds. The van der Waals surface area contributed by atoms with Gasteiger partial charge in [-0.15, -0.1) is 0 Å². The van der Waals surface area contributed by atoms with E-state index in [4.69, 9.17) is 19.0 Å². The summed E-state index contributed by atoms with van der Waals surface area (Å²) in [7, 11) is -3.14. The highest BCUT2D eigenvalue weighted by atomic mass is 28.4. The summed E-state index contributed by atoms with van der Waals surface area (Å²) in [6.07, 6.45) is 21.1. The number of nitrogens with two attached hydrogens (primary N) is 1. The predicted molar refractivity (Wildman–Crippen MR) is 160 cm³/mol. The van der Waals surface area contributed by atoms with Crippen molar-refractivity contribution in [3.05, 3.63) is 0 Å². The minimum atomic E-state index is -3.14. The molecule has 0 bridgehead atoms. The monoisotopic (exact) mass is 563 g/mol. The third-order valence-electron chi connectivity index (χ3n) is 7.48. The molecule has 0 heterocycles. The van der Waals surface area contributed by atoms with Crippen molar-refractivity contribution in [1.82, 2.24) is 0 Å². The molecule has 38 heavy (non-hydrogen) atoms. The third kappa shape index (κ3) is 20.8. The van der Waals surface area contributed by atoms with E-state index in [2.05, 4.69) is 27.7 Å². The second-order valence-corrected chi connectivity index (χ2v) is 14.5. The van der Waals surface area contributed by atoms with E-state index in [9.17, 15) is 15.3 Å². The number of unbranched alkanes of at least 4 members (excludes halogenated alkanes) is 13. The van der Waals surface area contributed by atoms with Crippen LogP contribution in [-0.4, -0.2) is 69.3 Å². The maximum absolute atomic E-state index is 9.29. The molecule has 0 spiro atoms. The molecular formula is C30H65NO6Si. The van der Waals surface area contributed by atoms with Gasteiger partial charge in [-0.1, -0.05) is 104 Å². The fourth-order valence-corrected chi connectivity index (χ4v) is 8.11. The summed E-state index contributed by atoms with van der Waals surface area (Å²) < 4.78 is 17.7. The molecule has 0 radical (unpaired) electrons. The van der Waals surface area contributed by atoms with Gasteiger partial charge >= 0.3 is 8.80 Å². The standard InChI is InChI=1S/C30H65NO6Si/c1-5-6-7-8-9-10-11-12-13-14-15-16-17-18-19-29(30(3,4)31)26-28(2)27-38(35-23-20-32,36-24-21-33)37-25-22-34/h28-29,32-34H,5-27,31H2,1-4H3. The second-order valence-electron chi connectivity index (χ2n) is 11.8. The highest BCUT2D eigenvalue weighted by Crippen LogP contribution is 2.32. The van der Waals surface area contributed by atoms with Crippen LogP contribution in [0.3, 0.4) is 0 Å². The summed E-state index contributed by atoms with van der Waals surface area (Å²) >= 11 is 0. The zero-order chi connectivity index (χ0) is 28.5. The van der Waals surface area contributed by atoms with Crippen LogP contribution in [0.25, 0.3) is 0 Å². The normalized spacial score (nSPS) is 14.2. The van der Waals surface area contributed by atoms with E-state index in [0.29, 0.717) is 12.0 Å². The van der Waals surface area contributed by atoms with Gasteiger partial charge < -0.3 is 34.3 Å². The van der Waals surface area contributed by atoms with E-state index in [1.165, 1.54) is 89.9 Å². The first kappa shape index (κ1) is 37.9. The van der Waals surface area contributed by atoms with E-state index in [1.807, 2.05) is 0 Å². The smallest absolute Gasteiger partial charge is 0.394 e. The molecule has 0 aliphatic heterocycles. The average Bonchev–Trinajstić information content (AvgIpc) is 2.88. The van der Waals surface area contributed by atoms with E-state index in [0.717, 1.165) is 12.8 Å². The highest BCUT2D eigenvalue weighted by molar-refractivity contribution is 6.60. The van der Waals surface area contributed by atoms with Crippen LogP contribution >= 0.6 is 0 Å². The number of aliphatic hydroxyl groups excluding tert-OH is 3. The van der Waals surface area contributed by atoms with E-state index >= 15 is 0 Å². The number of aliphatic hydroxyl groups is 3. The van der Waals surface area contributed by atoms with Crippen LogP contribution in [0.2, 0.25) is 6.04 Å². The average molecular weight is 564 g/mol. The molecule has 0 rings (SSSR count). The lowest BCUT2D eigenvalue weighted by atomic mass is 9.79. The Balaban J connectivity index is 4.42. The fraction of sp³-hybridized carbons (Fsp3) is 1.00. The summed E-state index contributed by atoms with van der Waals surface area (Å²) in [5, 5.41) is 27.9. The Morgan fingerprint density at radius 2 is 1.03 bits per heavy atom. The van der Waals surface area contributed by atoms with Gasteiger partial charge in [-0.3, -0.25) is 0 Å². The van der Waals surface area contributed by atoms with Gasteiger partial charge in [-0.05, 0) is 38.5 Å². The summed E-state index contributed by atoms with van der Waals surface area (Å²) in [6, 6.07) is 0.568. The van der Waals surface area contributed by atoms with E-state index < -0.39 is 8.80 Å². The number of hydrogen-bond acceptors (Lipinski definition) is 7. The predicted octanol–water partition coefficient (Wildman–Crippen LogP) is 6.20. The molecule has 8 heteroatoms. The molecule has 0 fully saturated rings. The minimum absolute atomic E-state index is 0.112. The molecule has 0 aromatic heterocycles. The fourth-order valence-electron chi connectivity index (χ4n) is 5.28. The molecule has 7 nitrogen and oxygen atoms in total. The molecule has 0 aromatic rings. The van der Waals surface area contributed by atoms with Crippen molar-refractivity contribution < 1.29 is 28.6 Å². The quantitative estimate of drug-likeness (QED) is 0.0632. The molecule has 230 valence electrons. The van der Waals surface area contributed by atoms with Crippen LogP contribution in [0.15, 0.2) is 0 Å². The Morgan fingerprint density at radius 1 is 0.658 bits per heavy atom. The van der Waals surface area contributed by atoms with Crippen LogP contribution in [-0.2, 0) is 13.3 Å². The largest absolute Gasteiger partial charge is 0.501 e. The Hall–Kier alpha value is -0.0631. The van der Waals surface area contributed by atoms with Crippen molar-refractivity contribution in [3.63, 3.8) is 0 Å². The van der Waals surface area contributed by atoms with Gasteiger partial charge in [0.2, 0.25) is 0 Å². The van der Waals surface area contributed by atoms with Gasteiger partial charge in [0.15, 0.2) is 0 Å². The Bertz CT molecular complexity index is 484. The zero-order valence-electron chi connectivity index (χ0n) is 25.6. The lowest BCUT2D eigenvalue weighted by Crippen LogP contribution is -2.49. The van der Waals surface area contributed by atoms with Gasteiger partial charge in [-0.2, -0.15) is 0 Å². The first-order chi connectivity index (χ1) is 18.2. The highest BCUT2D eigenvalue weighted by Gasteiger charge is 2.43. The molecule has 0 aromatic carbocycles. The third-order valence-corrected chi connectivity index (χ3v) is 10.6. The van der Waals surface area contributed by atoms with Crippen LogP contribution < -0.4 is 5.73 Å². The molecule has 0 aliphatic rings. The van der Waals surface area contributed by atoms with Crippen molar-refractivity contribution in [2.24, 2.45) is 17.6 Å². The maximum atomic E-state index is 9.29. The molecule has 0 saturated heterocycles. The molecule has 2 atom stereocenters. The Labute approximate surface area is 236 Å².